The quantitative estimate of drug-likeness (QED) is 0.839. The van der Waals surface area contributed by atoms with E-state index in [0.717, 1.165) is 30.3 Å². The van der Waals surface area contributed by atoms with Gasteiger partial charge in [0.2, 0.25) is 0 Å². The van der Waals surface area contributed by atoms with E-state index in [-0.39, 0.29) is 0 Å². The monoisotopic (exact) mass is 293 g/mol. The molecular weight excluding hydrogens is 266 g/mol. The highest BCUT2D eigenvalue weighted by atomic mass is 32.1. The standard InChI is InChI=1S/C16H27N3S/c1-13(14-6-3-2-4-7-14)17-9-11-18-12-15-8-5-10-19(15)16(18)20/h12-14,17H,2-11H2,1H3/t13-/m1/s1. The Morgan fingerprint density at radius 1 is 1.30 bits per heavy atom. The Kier molecular flexibility index (Phi) is 4.61. The van der Waals surface area contributed by atoms with Gasteiger partial charge in [-0.1, -0.05) is 19.3 Å². The molecule has 112 valence electrons. The molecule has 1 saturated carbocycles. The lowest BCUT2D eigenvalue weighted by molar-refractivity contribution is 0.279. The van der Waals surface area contributed by atoms with E-state index in [1.807, 2.05) is 0 Å². The third-order valence-electron chi connectivity index (χ3n) is 5.12. The Bertz CT molecular complexity index is 496. The van der Waals surface area contributed by atoms with Gasteiger partial charge in [0.15, 0.2) is 4.77 Å². The van der Waals surface area contributed by atoms with Crippen LogP contribution in [0.3, 0.4) is 0 Å². The highest BCUT2D eigenvalue weighted by molar-refractivity contribution is 7.71. The molecule has 4 heteroatoms. The van der Waals surface area contributed by atoms with Crippen LogP contribution in [0.1, 0.15) is 51.1 Å². The van der Waals surface area contributed by atoms with Gasteiger partial charge in [-0.3, -0.25) is 0 Å². The lowest BCUT2D eigenvalue weighted by Gasteiger charge is -2.28. The third kappa shape index (κ3) is 3.01. The molecule has 1 atom stereocenters. The molecule has 0 spiro atoms. The van der Waals surface area contributed by atoms with Gasteiger partial charge in [-0.15, -0.1) is 0 Å². The van der Waals surface area contributed by atoms with Crippen molar-refractivity contribution < 1.29 is 0 Å². The molecule has 0 amide bonds. The van der Waals surface area contributed by atoms with E-state index in [2.05, 4.69) is 27.6 Å². The van der Waals surface area contributed by atoms with E-state index in [0.29, 0.717) is 6.04 Å². The SMILES string of the molecule is C[C@@H](NCCn1cc2n(c1=S)CCC2)C1CCCCC1. The van der Waals surface area contributed by atoms with Crippen LogP contribution in [-0.4, -0.2) is 21.7 Å². The summed E-state index contributed by atoms with van der Waals surface area (Å²) in [5.74, 6) is 0.885. The molecule has 3 nitrogen and oxygen atoms in total. The van der Waals surface area contributed by atoms with Crippen LogP contribution in [0.25, 0.3) is 0 Å². The molecule has 1 aliphatic heterocycles. The second kappa shape index (κ2) is 6.44. The number of hydrogen-bond donors (Lipinski definition) is 1. The average molecular weight is 293 g/mol. The van der Waals surface area contributed by atoms with Crippen LogP contribution < -0.4 is 5.32 Å². The smallest absolute Gasteiger partial charge is 0.180 e. The van der Waals surface area contributed by atoms with Crippen molar-refractivity contribution >= 4 is 12.2 Å². The number of aryl methyl sites for hydroxylation is 1. The van der Waals surface area contributed by atoms with Gasteiger partial charge in [-0.25, -0.2) is 0 Å². The summed E-state index contributed by atoms with van der Waals surface area (Å²) >= 11 is 5.55. The predicted molar refractivity (Wildman–Crippen MR) is 85.6 cm³/mol. The molecule has 1 aromatic heterocycles. The first kappa shape index (κ1) is 14.3. The van der Waals surface area contributed by atoms with Gasteiger partial charge in [0, 0.05) is 37.6 Å². The van der Waals surface area contributed by atoms with Crippen LogP contribution in [0.4, 0.5) is 0 Å². The zero-order valence-electron chi connectivity index (χ0n) is 12.6. The number of rotatable bonds is 5. The van der Waals surface area contributed by atoms with E-state index >= 15 is 0 Å². The number of imidazole rings is 1. The highest BCUT2D eigenvalue weighted by Crippen LogP contribution is 2.26. The maximum Gasteiger partial charge on any atom is 0.180 e. The molecule has 20 heavy (non-hydrogen) atoms. The molecular formula is C16H27N3S. The number of nitrogens with one attached hydrogen (secondary N) is 1. The lowest BCUT2D eigenvalue weighted by atomic mass is 9.84. The second-order valence-corrected chi connectivity index (χ2v) is 6.86. The van der Waals surface area contributed by atoms with Crippen molar-refractivity contribution in [2.24, 2.45) is 5.92 Å². The molecule has 1 fully saturated rings. The summed E-state index contributed by atoms with van der Waals surface area (Å²) in [5, 5.41) is 3.72. The summed E-state index contributed by atoms with van der Waals surface area (Å²) in [4.78, 5) is 0. The summed E-state index contributed by atoms with van der Waals surface area (Å²) < 4.78 is 5.58. The van der Waals surface area contributed by atoms with Crippen molar-refractivity contribution in [3.63, 3.8) is 0 Å². The zero-order chi connectivity index (χ0) is 13.9. The Morgan fingerprint density at radius 3 is 2.85 bits per heavy atom. The van der Waals surface area contributed by atoms with E-state index in [4.69, 9.17) is 12.2 Å². The molecule has 0 radical (unpaired) electrons. The van der Waals surface area contributed by atoms with Gasteiger partial charge < -0.3 is 14.5 Å². The molecule has 0 saturated heterocycles. The van der Waals surface area contributed by atoms with Crippen LogP contribution in [0.5, 0.6) is 0 Å². The van der Waals surface area contributed by atoms with Crippen LogP contribution in [-0.2, 0) is 19.5 Å². The van der Waals surface area contributed by atoms with Gasteiger partial charge in [0.25, 0.3) is 0 Å². The summed E-state index contributed by atoms with van der Waals surface area (Å²) in [5.41, 5.74) is 1.43. The van der Waals surface area contributed by atoms with Gasteiger partial charge in [0.1, 0.15) is 0 Å². The topological polar surface area (TPSA) is 21.9 Å². The van der Waals surface area contributed by atoms with Crippen molar-refractivity contribution in [3.8, 4) is 0 Å². The fourth-order valence-electron chi connectivity index (χ4n) is 3.81. The molecule has 1 aromatic rings. The van der Waals surface area contributed by atoms with Gasteiger partial charge in [-0.05, 0) is 50.7 Å². The van der Waals surface area contributed by atoms with Crippen LogP contribution in [0.2, 0.25) is 0 Å². The van der Waals surface area contributed by atoms with Crippen molar-refractivity contribution in [2.45, 2.75) is 71.0 Å². The molecule has 2 heterocycles. The number of hydrogen-bond acceptors (Lipinski definition) is 2. The third-order valence-corrected chi connectivity index (χ3v) is 5.57. The van der Waals surface area contributed by atoms with Crippen LogP contribution in [0, 0.1) is 10.7 Å². The predicted octanol–water partition coefficient (Wildman–Crippen LogP) is 3.52. The molecule has 2 aliphatic rings. The molecule has 1 N–H and O–H groups in total. The minimum atomic E-state index is 0.652. The Balaban J connectivity index is 1.49. The molecule has 0 unspecified atom stereocenters. The number of fused-ring (bicyclic) bond motifs is 1. The van der Waals surface area contributed by atoms with E-state index in [1.54, 1.807) is 0 Å². The maximum absolute atomic E-state index is 5.55. The molecule has 1 aliphatic carbocycles. The number of nitrogens with zero attached hydrogens (tertiary/aromatic N) is 2. The van der Waals surface area contributed by atoms with Crippen LogP contribution >= 0.6 is 12.2 Å². The Morgan fingerprint density at radius 2 is 2.10 bits per heavy atom. The lowest BCUT2D eigenvalue weighted by Crippen LogP contribution is -2.36. The van der Waals surface area contributed by atoms with E-state index in [9.17, 15) is 0 Å². The van der Waals surface area contributed by atoms with Crippen molar-refractivity contribution in [3.05, 3.63) is 16.7 Å². The summed E-state index contributed by atoms with van der Waals surface area (Å²) in [6.07, 6.45) is 11.8. The van der Waals surface area contributed by atoms with Gasteiger partial charge >= 0.3 is 0 Å². The van der Waals surface area contributed by atoms with Crippen molar-refractivity contribution in [1.82, 2.24) is 14.5 Å². The zero-order valence-corrected chi connectivity index (χ0v) is 13.4. The molecule has 0 aromatic carbocycles. The summed E-state index contributed by atoms with van der Waals surface area (Å²) in [6, 6.07) is 0.652. The Hall–Kier alpha value is -0.610. The minimum Gasteiger partial charge on any atom is -0.322 e. The largest absolute Gasteiger partial charge is 0.322 e. The number of aromatic nitrogens is 2. The van der Waals surface area contributed by atoms with Gasteiger partial charge in [-0.2, -0.15) is 0 Å². The second-order valence-electron chi connectivity index (χ2n) is 6.49. The maximum atomic E-state index is 5.55. The first-order chi connectivity index (χ1) is 9.75. The van der Waals surface area contributed by atoms with E-state index < -0.39 is 0 Å². The minimum absolute atomic E-state index is 0.652. The Labute approximate surface area is 127 Å². The normalized spacial score (nSPS) is 21.1. The van der Waals surface area contributed by atoms with E-state index in [1.165, 1.54) is 50.6 Å². The van der Waals surface area contributed by atoms with Gasteiger partial charge in [0.05, 0.1) is 0 Å². The first-order valence-corrected chi connectivity index (χ1v) is 8.69. The van der Waals surface area contributed by atoms with Crippen LogP contribution in [0.15, 0.2) is 6.20 Å². The van der Waals surface area contributed by atoms with Crippen molar-refractivity contribution in [1.29, 1.82) is 0 Å². The van der Waals surface area contributed by atoms with Crippen molar-refractivity contribution in [2.75, 3.05) is 6.54 Å². The fourth-order valence-corrected chi connectivity index (χ4v) is 4.17. The highest BCUT2D eigenvalue weighted by Gasteiger charge is 2.19. The average Bonchev–Trinajstić information content (AvgIpc) is 3.04. The summed E-state index contributed by atoms with van der Waals surface area (Å²) in [6.45, 7) is 5.52. The fraction of sp³-hybridized carbons (Fsp3) is 0.812. The summed E-state index contributed by atoms with van der Waals surface area (Å²) in [7, 11) is 0. The molecule has 3 rings (SSSR count). The molecule has 0 bridgehead atoms. The first-order valence-electron chi connectivity index (χ1n) is 8.28.